The maximum Gasteiger partial charge on any atom is 0.223 e. The molecule has 1 spiro atoms. The third-order valence-electron chi connectivity index (χ3n) is 7.11. The summed E-state index contributed by atoms with van der Waals surface area (Å²) in [5, 5.41) is 9.85. The van der Waals surface area contributed by atoms with Crippen LogP contribution in [0.5, 0.6) is 0 Å². The van der Waals surface area contributed by atoms with Crippen molar-refractivity contribution in [1.82, 2.24) is 25.1 Å². The van der Waals surface area contributed by atoms with Crippen molar-refractivity contribution >= 4 is 17.2 Å². The molecule has 0 aliphatic heterocycles. The van der Waals surface area contributed by atoms with Crippen LogP contribution in [0.25, 0.3) is 21.8 Å². The molecular weight excluding hydrogens is 394 g/mol. The summed E-state index contributed by atoms with van der Waals surface area (Å²) in [6.07, 6.45) is 15.2. The first-order valence-corrected chi connectivity index (χ1v) is 11.5. The molecule has 2 saturated carbocycles. The van der Waals surface area contributed by atoms with E-state index in [0.29, 0.717) is 30.3 Å². The first kappa shape index (κ1) is 18.0. The molecule has 152 valence electrons. The van der Waals surface area contributed by atoms with Crippen molar-refractivity contribution in [1.29, 1.82) is 0 Å². The van der Waals surface area contributed by atoms with Crippen LogP contribution in [0.2, 0.25) is 0 Å². The van der Waals surface area contributed by atoms with Crippen LogP contribution in [0.3, 0.4) is 0 Å². The van der Waals surface area contributed by atoms with Crippen LogP contribution in [0.15, 0.2) is 54.5 Å². The molecule has 7 heteroatoms. The van der Waals surface area contributed by atoms with Crippen molar-refractivity contribution in [3.05, 3.63) is 54.5 Å². The molecule has 6 rings (SSSR count). The number of aromatic nitrogens is 4. The van der Waals surface area contributed by atoms with Crippen LogP contribution < -0.4 is 5.32 Å². The zero-order valence-corrected chi connectivity index (χ0v) is 17.4. The van der Waals surface area contributed by atoms with Gasteiger partial charge in [-0.05, 0) is 48.0 Å². The Labute approximate surface area is 179 Å². The van der Waals surface area contributed by atoms with E-state index in [2.05, 4.69) is 44.0 Å². The summed E-state index contributed by atoms with van der Waals surface area (Å²) in [6.45, 7) is 1.20. The van der Waals surface area contributed by atoms with Gasteiger partial charge >= 0.3 is 0 Å². The highest BCUT2D eigenvalue weighted by atomic mass is 32.1. The van der Waals surface area contributed by atoms with Crippen LogP contribution in [-0.2, 0) is 11.3 Å². The number of carbonyl (C=O) groups excluding carboxylic acids is 1. The number of nitrogens with one attached hydrogen (secondary N) is 1. The lowest BCUT2D eigenvalue weighted by atomic mass is 9.88. The van der Waals surface area contributed by atoms with E-state index < -0.39 is 0 Å². The van der Waals surface area contributed by atoms with Crippen molar-refractivity contribution in [2.75, 3.05) is 6.54 Å². The van der Waals surface area contributed by atoms with Crippen LogP contribution in [0, 0.1) is 23.2 Å². The normalized spacial score (nSPS) is 25.1. The molecule has 2 bridgehead atoms. The highest BCUT2D eigenvalue weighted by Crippen LogP contribution is 2.70. The lowest BCUT2D eigenvalue weighted by molar-refractivity contribution is -0.125. The molecule has 0 aromatic carbocycles. The van der Waals surface area contributed by atoms with Gasteiger partial charge in [0.2, 0.25) is 5.91 Å². The van der Waals surface area contributed by atoms with Gasteiger partial charge in [0, 0.05) is 30.4 Å². The molecule has 3 atom stereocenters. The minimum Gasteiger partial charge on any atom is -0.354 e. The average Bonchev–Trinajstić information content (AvgIpc) is 3.09. The SMILES string of the molecule is O=C(NCCn1ncc(-c2cnccn2)c1-c1cccs1)[C@H]1C[C@H]2C=C[C@H]1C21CC1. The maximum atomic E-state index is 12.9. The van der Waals surface area contributed by atoms with Crippen molar-refractivity contribution in [3.8, 4) is 21.8 Å². The number of rotatable bonds is 6. The van der Waals surface area contributed by atoms with Gasteiger partial charge in [-0.25, -0.2) is 0 Å². The highest BCUT2D eigenvalue weighted by Gasteiger charge is 2.63. The highest BCUT2D eigenvalue weighted by molar-refractivity contribution is 7.13. The van der Waals surface area contributed by atoms with Gasteiger partial charge in [0.15, 0.2) is 0 Å². The third kappa shape index (κ3) is 2.75. The average molecular weight is 418 g/mol. The first-order valence-electron chi connectivity index (χ1n) is 10.6. The molecule has 1 amide bonds. The fourth-order valence-electron chi connectivity index (χ4n) is 5.54. The molecule has 3 heterocycles. The number of hydrogen-bond acceptors (Lipinski definition) is 5. The van der Waals surface area contributed by atoms with E-state index in [-0.39, 0.29) is 11.8 Å². The van der Waals surface area contributed by atoms with Gasteiger partial charge in [0.1, 0.15) is 0 Å². The molecule has 0 radical (unpaired) electrons. The monoisotopic (exact) mass is 417 g/mol. The van der Waals surface area contributed by atoms with Crippen molar-refractivity contribution in [2.24, 2.45) is 23.2 Å². The fraction of sp³-hybridized carbons (Fsp3) is 0.391. The molecule has 0 unspecified atom stereocenters. The lowest BCUT2D eigenvalue weighted by Gasteiger charge is -2.19. The van der Waals surface area contributed by atoms with Crippen molar-refractivity contribution in [2.45, 2.75) is 25.8 Å². The fourth-order valence-corrected chi connectivity index (χ4v) is 6.33. The van der Waals surface area contributed by atoms with Gasteiger partial charge < -0.3 is 5.32 Å². The van der Waals surface area contributed by atoms with E-state index in [9.17, 15) is 4.79 Å². The molecule has 2 fully saturated rings. The van der Waals surface area contributed by atoms with Gasteiger partial charge in [-0.2, -0.15) is 5.10 Å². The second kappa shape index (κ2) is 6.87. The minimum atomic E-state index is 0.145. The Kier molecular flexibility index (Phi) is 4.13. The third-order valence-corrected chi connectivity index (χ3v) is 7.99. The van der Waals surface area contributed by atoms with E-state index in [1.807, 2.05) is 16.9 Å². The summed E-state index contributed by atoms with van der Waals surface area (Å²) in [4.78, 5) is 22.7. The molecule has 0 saturated heterocycles. The van der Waals surface area contributed by atoms with Crippen molar-refractivity contribution in [3.63, 3.8) is 0 Å². The van der Waals surface area contributed by atoms with E-state index in [1.165, 1.54) is 12.8 Å². The summed E-state index contributed by atoms with van der Waals surface area (Å²) in [6, 6.07) is 4.13. The quantitative estimate of drug-likeness (QED) is 0.620. The van der Waals surface area contributed by atoms with Crippen LogP contribution in [0.1, 0.15) is 19.3 Å². The summed E-state index contributed by atoms with van der Waals surface area (Å²) in [5.74, 6) is 1.44. The second-order valence-electron chi connectivity index (χ2n) is 8.58. The van der Waals surface area contributed by atoms with Gasteiger partial charge in [-0.3, -0.25) is 19.4 Å². The summed E-state index contributed by atoms with van der Waals surface area (Å²) < 4.78 is 1.97. The largest absolute Gasteiger partial charge is 0.354 e. The first-order chi connectivity index (χ1) is 14.8. The Morgan fingerprint density at radius 3 is 2.93 bits per heavy atom. The Hall–Kier alpha value is -2.80. The smallest absolute Gasteiger partial charge is 0.223 e. The van der Waals surface area contributed by atoms with Crippen LogP contribution in [-0.4, -0.2) is 32.2 Å². The molecule has 3 aliphatic rings. The predicted molar refractivity (Wildman–Crippen MR) is 115 cm³/mol. The molecule has 3 aromatic rings. The standard InChI is InChI=1S/C23H23N5OS/c29-22(16-12-15-3-4-18(16)23(15)5-6-23)26-9-10-28-21(20-2-1-11-30-20)17(13-27-28)19-14-24-7-8-25-19/h1-4,7-8,11,13-16,18H,5-6,9-10,12H2,(H,26,29)/t15-,16+,18-/m1/s1. The number of carbonyl (C=O) groups is 1. The number of allylic oxidation sites excluding steroid dienone is 2. The Bertz CT molecular complexity index is 1100. The molecule has 3 aromatic heterocycles. The Morgan fingerprint density at radius 2 is 2.20 bits per heavy atom. The lowest BCUT2D eigenvalue weighted by Crippen LogP contribution is -2.35. The summed E-state index contributed by atoms with van der Waals surface area (Å²) >= 11 is 1.67. The van der Waals surface area contributed by atoms with Gasteiger partial charge in [0.25, 0.3) is 0 Å². The zero-order chi connectivity index (χ0) is 20.1. The number of hydrogen-bond donors (Lipinski definition) is 1. The molecule has 3 aliphatic carbocycles. The van der Waals surface area contributed by atoms with Crippen LogP contribution >= 0.6 is 11.3 Å². The Morgan fingerprint density at radius 1 is 1.27 bits per heavy atom. The number of nitrogens with zero attached hydrogens (tertiary/aromatic N) is 4. The summed E-state index contributed by atoms with van der Waals surface area (Å²) in [7, 11) is 0. The van der Waals surface area contributed by atoms with Gasteiger partial charge in [0.05, 0.1) is 35.2 Å². The molecular formula is C23H23N5OS. The Balaban J connectivity index is 1.18. The molecule has 1 N–H and O–H groups in total. The minimum absolute atomic E-state index is 0.145. The molecule has 6 nitrogen and oxygen atoms in total. The summed E-state index contributed by atoms with van der Waals surface area (Å²) in [5.41, 5.74) is 3.24. The topological polar surface area (TPSA) is 72.7 Å². The maximum absolute atomic E-state index is 12.9. The predicted octanol–water partition coefficient (Wildman–Crippen LogP) is 3.79. The van der Waals surface area contributed by atoms with E-state index in [1.54, 1.807) is 29.9 Å². The van der Waals surface area contributed by atoms with E-state index in [4.69, 9.17) is 0 Å². The zero-order valence-electron chi connectivity index (χ0n) is 16.6. The van der Waals surface area contributed by atoms with Gasteiger partial charge in [-0.15, -0.1) is 11.3 Å². The van der Waals surface area contributed by atoms with E-state index >= 15 is 0 Å². The van der Waals surface area contributed by atoms with Crippen molar-refractivity contribution < 1.29 is 4.79 Å². The number of amides is 1. The second-order valence-corrected chi connectivity index (χ2v) is 9.53. The van der Waals surface area contributed by atoms with E-state index in [0.717, 1.165) is 28.2 Å². The van der Waals surface area contributed by atoms with Gasteiger partial charge in [-0.1, -0.05) is 18.2 Å². The molecule has 30 heavy (non-hydrogen) atoms. The van der Waals surface area contributed by atoms with Crippen LogP contribution in [0.4, 0.5) is 0 Å². The number of thiophene rings is 1.